The third-order valence-electron chi connectivity index (χ3n) is 3.48. The van der Waals surface area contributed by atoms with Crippen molar-refractivity contribution in [3.05, 3.63) is 35.6 Å². The monoisotopic (exact) mass is 321 g/mol. The number of nitrogens with zero attached hydrogens (tertiary/aromatic N) is 3. The van der Waals surface area contributed by atoms with Gasteiger partial charge in [0, 0.05) is 20.1 Å². The van der Waals surface area contributed by atoms with Gasteiger partial charge in [-0.3, -0.25) is 19.3 Å². The van der Waals surface area contributed by atoms with Crippen LogP contribution in [0.2, 0.25) is 0 Å². The second-order valence-electron chi connectivity index (χ2n) is 5.10. The summed E-state index contributed by atoms with van der Waals surface area (Å²) >= 11 is 0. The van der Waals surface area contributed by atoms with E-state index in [4.69, 9.17) is 0 Å². The summed E-state index contributed by atoms with van der Waals surface area (Å²) in [6.45, 7) is 1.22. The van der Waals surface area contributed by atoms with Gasteiger partial charge >= 0.3 is 17.8 Å². The average molecular weight is 321 g/mol. The molecule has 2 rings (SSSR count). The summed E-state index contributed by atoms with van der Waals surface area (Å²) in [4.78, 5) is 50.0. The molecule has 0 radical (unpaired) electrons. The summed E-state index contributed by atoms with van der Waals surface area (Å²) < 4.78 is 13.1. The van der Waals surface area contributed by atoms with Crippen molar-refractivity contribution < 1.29 is 23.6 Å². The number of amides is 5. The second kappa shape index (κ2) is 6.55. The largest absolute Gasteiger partial charge is 0.340 e. The first kappa shape index (κ1) is 16.6. The summed E-state index contributed by atoms with van der Waals surface area (Å²) in [5.41, 5.74) is 0.575. The van der Waals surface area contributed by atoms with Crippen LogP contribution in [-0.2, 0) is 20.9 Å². The highest BCUT2D eigenvalue weighted by molar-refractivity contribution is 6.45. The number of urea groups is 1. The van der Waals surface area contributed by atoms with Crippen molar-refractivity contribution in [1.29, 1.82) is 0 Å². The molecule has 0 bridgehead atoms. The molecule has 0 spiro atoms. The van der Waals surface area contributed by atoms with Crippen LogP contribution in [0.1, 0.15) is 12.5 Å². The van der Waals surface area contributed by atoms with Gasteiger partial charge in [-0.1, -0.05) is 12.1 Å². The Kier molecular flexibility index (Phi) is 4.73. The normalized spacial score (nSPS) is 14.7. The van der Waals surface area contributed by atoms with Gasteiger partial charge < -0.3 is 4.90 Å². The summed E-state index contributed by atoms with van der Waals surface area (Å²) in [6, 6.07) is 4.96. The van der Waals surface area contributed by atoms with E-state index in [1.165, 1.54) is 30.1 Å². The first-order chi connectivity index (χ1) is 10.8. The predicted octanol–water partition coefficient (Wildman–Crippen LogP) is 0.595. The minimum Gasteiger partial charge on any atom is -0.340 e. The Morgan fingerprint density at radius 3 is 2.39 bits per heavy atom. The molecule has 1 aromatic carbocycles. The zero-order chi connectivity index (χ0) is 17.1. The van der Waals surface area contributed by atoms with E-state index in [9.17, 15) is 23.6 Å². The molecule has 0 unspecified atom stereocenters. The van der Waals surface area contributed by atoms with Gasteiger partial charge in [0.15, 0.2) is 0 Å². The fraction of sp³-hybridized carbons (Fsp3) is 0.333. The molecule has 0 saturated carbocycles. The third-order valence-corrected chi connectivity index (χ3v) is 3.48. The van der Waals surface area contributed by atoms with Crippen LogP contribution in [0.4, 0.5) is 9.18 Å². The smallest absolute Gasteiger partial charge is 0.334 e. The molecule has 7 nitrogen and oxygen atoms in total. The van der Waals surface area contributed by atoms with E-state index < -0.39 is 36.1 Å². The van der Waals surface area contributed by atoms with Gasteiger partial charge in [0.25, 0.3) is 0 Å². The molecule has 1 saturated heterocycles. The van der Waals surface area contributed by atoms with Gasteiger partial charge in [-0.15, -0.1) is 0 Å². The Morgan fingerprint density at radius 2 is 1.83 bits per heavy atom. The van der Waals surface area contributed by atoms with Gasteiger partial charge in [0.2, 0.25) is 5.91 Å². The molecular formula is C15H16FN3O4. The van der Waals surface area contributed by atoms with Crippen molar-refractivity contribution >= 4 is 23.8 Å². The molecule has 122 valence electrons. The maximum atomic E-state index is 13.1. The third kappa shape index (κ3) is 3.36. The van der Waals surface area contributed by atoms with Gasteiger partial charge in [-0.2, -0.15) is 0 Å². The lowest BCUT2D eigenvalue weighted by Gasteiger charge is -2.20. The van der Waals surface area contributed by atoms with Crippen molar-refractivity contribution in [2.24, 2.45) is 0 Å². The molecule has 0 atom stereocenters. The maximum absolute atomic E-state index is 13.1. The minimum absolute atomic E-state index is 0.0627. The van der Waals surface area contributed by atoms with Crippen molar-refractivity contribution in [1.82, 2.24) is 14.7 Å². The summed E-state index contributed by atoms with van der Waals surface area (Å²) in [6.07, 6.45) is 0. The van der Waals surface area contributed by atoms with Crippen LogP contribution < -0.4 is 0 Å². The Balaban J connectivity index is 2.02. The van der Waals surface area contributed by atoms with E-state index in [0.29, 0.717) is 10.5 Å². The molecule has 0 aliphatic carbocycles. The lowest BCUT2D eigenvalue weighted by molar-refractivity contribution is -0.144. The van der Waals surface area contributed by atoms with Gasteiger partial charge in [-0.05, 0) is 24.6 Å². The minimum atomic E-state index is -1.01. The maximum Gasteiger partial charge on any atom is 0.334 e. The van der Waals surface area contributed by atoms with E-state index in [0.717, 1.165) is 4.90 Å². The Labute approximate surface area is 132 Å². The average Bonchev–Trinajstić information content (AvgIpc) is 2.70. The molecule has 1 aliphatic heterocycles. The van der Waals surface area contributed by atoms with Crippen LogP contribution in [0, 0.1) is 5.82 Å². The van der Waals surface area contributed by atoms with Crippen LogP contribution in [0.3, 0.4) is 0 Å². The highest BCUT2D eigenvalue weighted by Crippen LogP contribution is 2.12. The Morgan fingerprint density at radius 1 is 1.17 bits per heavy atom. The van der Waals surface area contributed by atoms with E-state index in [1.807, 2.05) is 0 Å². The van der Waals surface area contributed by atoms with Crippen LogP contribution >= 0.6 is 0 Å². The van der Waals surface area contributed by atoms with E-state index >= 15 is 0 Å². The van der Waals surface area contributed by atoms with Crippen molar-refractivity contribution in [2.75, 3.05) is 20.1 Å². The van der Waals surface area contributed by atoms with E-state index in [1.54, 1.807) is 13.0 Å². The molecule has 1 heterocycles. The molecule has 5 amide bonds. The van der Waals surface area contributed by atoms with Crippen molar-refractivity contribution in [3.63, 3.8) is 0 Å². The second-order valence-corrected chi connectivity index (χ2v) is 5.10. The highest BCUT2D eigenvalue weighted by atomic mass is 19.1. The first-order valence-corrected chi connectivity index (χ1v) is 7.00. The standard InChI is InChI=1S/C15H16FN3O4/c1-3-18-13(21)14(22)19(15(18)23)9-12(20)17(2)8-10-5-4-6-11(16)7-10/h4-7H,3,8-9H2,1-2H3. The summed E-state index contributed by atoms with van der Waals surface area (Å²) in [5.74, 6) is -2.89. The van der Waals surface area contributed by atoms with Crippen LogP contribution in [0.15, 0.2) is 24.3 Å². The number of benzene rings is 1. The number of imide groups is 2. The fourth-order valence-electron chi connectivity index (χ4n) is 2.22. The first-order valence-electron chi connectivity index (χ1n) is 7.00. The highest BCUT2D eigenvalue weighted by Gasteiger charge is 2.44. The Hall–Kier alpha value is -2.77. The van der Waals surface area contributed by atoms with Gasteiger partial charge in [-0.25, -0.2) is 14.1 Å². The summed E-state index contributed by atoms with van der Waals surface area (Å²) in [5, 5.41) is 0. The molecule has 1 fully saturated rings. The number of hydrogen-bond donors (Lipinski definition) is 0. The topological polar surface area (TPSA) is 78.0 Å². The SMILES string of the molecule is CCN1C(=O)C(=O)N(CC(=O)N(C)Cc2cccc(F)c2)C1=O. The summed E-state index contributed by atoms with van der Waals surface area (Å²) in [7, 11) is 1.47. The lowest BCUT2D eigenvalue weighted by atomic mass is 10.2. The van der Waals surface area contributed by atoms with Crippen molar-refractivity contribution in [2.45, 2.75) is 13.5 Å². The number of carbonyl (C=O) groups is 4. The molecule has 1 aromatic rings. The molecular weight excluding hydrogens is 305 g/mol. The molecule has 0 aromatic heterocycles. The molecule has 23 heavy (non-hydrogen) atoms. The number of rotatable bonds is 5. The number of halogens is 1. The Bertz CT molecular complexity index is 676. The van der Waals surface area contributed by atoms with Gasteiger partial charge in [0.1, 0.15) is 12.4 Å². The van der Waals surface area contributed by atoms with Crippen LogP contribution in [0.25, 0.3) is 0 Å². The zero-order valence-corrected chi connectivity index (χ0v) is 12.8. The van der Waals surface area contributed by atoms with Crippen LogP contribution in [0.5, 0.6) is 0 Å². The molecule has 8 heteroatoms. The molecule has 1 aliphatic rings. The van der Waals surface area contributed by atoms with Crippen LogP contribution in [-0.4, -0.2) is 58.6 Å². The van der Waals surface area contributed by atoms with Gasteiger partial charge in [0.05, 0.1) is 0 Å². The van der Waals surface area contributed by atoms with Crippen molar-refractivity contribution in [3.8, 4) is 0 Å². The fourth-order valence-corrected chi connectivity index (χ4v) is 2.22. The molecule has 0 N–H and O–H groups in total. The number of hydrogen-bond acceptors (Lipinski definition) is 4. The number of carbonyl (C=O) groups excluding carboxylic acids is 4. The predicted molar refractivity (Wildman–Crippen MR) is 77.4 cm³/mol. The quantitative estimate of drug-likeness (QED) is 0.587. The number of likely N-dealkylation sites (N-methyl/N-ethyl adjacent to an activating group) is 2. The van der Waals surface area contributed by atoms with E-state index in [2.05, 4.69) is 0 Å². The van der Waals surface area contributed by atoms with E-state index in [-0.39, 0.29) is 13.1 Å². The zero-order valence-electron chi connectivity index (χ0n) is 12.8. The lowest BCUT2D eigenvalue weighted by Crippen LogP contribution is -2.42.